The lowest BCUT2D eigenvalue weighted by molar-refractivity contribution is 0.481. The number of fused-ring (bicyclic) bond motifs is 4. The number of aromatic nitrogens is 1. The summed E-state index contributed by atoms with van der Waals surface area (Å²) in [7, 11) is 0. The molecule has 25 heavy (non-hydrogen) atoms. The molecule has 0 saturated heterocycles. The number of phenolic OH excluding ortho intramolecular Hbond substituents is 1. The van der Waals surface area contributed by atoms with E-state index in [-0.39, 0.29) is 11.2 Å². The lowest BCUT2D eigenvalue weighted by Gasteiger charge is -2.21. The van der Waals surface area contributed by atoms with Gasteiger partial charge in [0.2, 0.25) is 0 Å². The van der Waals surface area contributed by atoms with Gasteiger partial charge < -0.3 is 14.4 Å². The first kappa shape index (κ1) is 15.4. The number of aromatic hydroxyl groups is 1. The van der Waals surface area contributed by atoms with E-state index in [4.69, 9.17) is 4.42 Å². The van der Waals surface area contributed by atoms with Crippen LogP contribution in [0, 0.1) is 0 Å². The van der Waals surface area contributed by atoms with Crippen LogP contribution in [0.1, 0.15) is 13.8 Å². The van der Waals surface area contributed by atoms with E-state index in [1.54, 1.807) is 12.1 Å². The van der Waals surface area contributed by atoms with E-state index < -0.39 is 0 Å². The number of hydrogen-bond donors (Lipinski definition) is 1. The zero-order valence-corrected chi connectivity index (χ0v) is 14.1. The Labute approximate surface area is 144 Å². The van der Waals surface area contributed by atoms with Crippen molar-refractivity contribution in [2.75, 3.05) is 18.0 Å². The van der Waals surface area contributed by atoms with E-state index in [0.29, 0.717) is 33.0 Å². The molecule has 5 heteroatoms. The number of phenols is 1. The van der Waals surface area contributed by atoms with Crippen molar-refractivity contribution in [3.05, 3.63) is 52.7 Å². The fourth-order valence-electron chi connectivity index (χ4n) is 3.24. The van der Waals surface area contributed by atoms with Crippen LogP contribution in [0.2, 0.25) is 0 Å². The quantitative estimate of drug-likeness (QED) is 0.452. The molecular formula is C20H18N2O3. The number of benzene rings is 3. The van der Waals surface area contributed by atoms with Crippen LogP contribution in [0.3, 0.4) is 0 Å². The second-order valence-electron chi connectivity index (χ2n) is 5.99. The molecule has 1 heterocycles. The highest BCUT2D eigenvalue weighted by atomic mass is 16.3. The van der Waals surface area contributed by atoms with Gasteiger partial charge in [-0.1, -0.05) is 0 Å². The van der Waals surface area contributed by atoms with Gasteiger partial charge in [-0.25, -0.2) is 4.98 Å². The van der Waals surface area contributed by atoms with Crippen LogP contribution in [-0.4, -0.2) is 23.2 Å². The third-order valence-corrected chi connectivity index (χ3v) is 4.55. The van der Waals surface area contributed by atoms with Crippen LogP contribution in [-0.2, 0) is 0 Å². The summed E-state index contributed by atoms with van der Waals surface area (Å²) in [6, 6.07) is 12.0. The van der Waals surface area contributed by atoms with Gasteiger partial charge in [0.15, 0.2) is 16.6 Å². The minimum absolute atomic E-state index is 0.0762. The average molecular weight is 334 g/mol. The third-order valence-electron chi connectivity index (χ3n) is 4.55. The summed E-state index contributed by atoms with van der Waals surface area (Å²) in [4.78, 5) is 18.6. The fourth-order valence-corrected chi connectivity index (χ4v) is 3.24. The Morgan fingerprint density at radius 2 is 1.80 bits per heavy atom. The van der Waals surface area contributed by atoms with Crippen LogP contribution >= 0.6 is 0 Å². The van der Waals surface area contributed by atoms with Crippen molar-refractivity contribution in [2.24, 2.45) is 0 Å². The summed E-state index contributed by atoms with van der Waals surface area (Å²) in [6.45, 7) is 6.02. The van der Waals surface area contributed by atoms with Gasteiger partial charge in [0.25, 0.3) is 0 Å². The topological polar surface area (TPSA) is 66.6 Å². The predicted molar refractivity (Wildman–Crippen MR) is 101 cm³/mol. The lowest BCUT2D eigenvalue weighted by atomic mass is 10.1. The standard InChI is InChI=1S/C20H18N2O3/c1-3-22(4-2)12-5-8-16-18(9-12)25-19-11-17(24)14-7-6-13(23)10-15(14)20(19)21-16/h5-11,24H,3-4H2,1-2H3. The molecule has 0 bridgehead atoms. The maximum absolute atomic E-state index is 11.7. The van der Waals surface area contributed by atoms with Gasteiger partial charge in [0.1, 0.15) is 16.8 Å². The van der Waals surface area contributed by atoms with E-state index in [2.05, 4.69) is 23.7 Å². The monoisotopic (exact) mass is 334 g/mol. The molecule has 0 aliphatic rings. The Kier molecular flexibility index (Phi) is 3.57. The molecule has 4 aromatic rings. The largest absolute Gasteiger partial charge is 0.507 e. The Balaban J connectivity index is 2.04. The molecular weight excluding hydrogens is 316 g/mol. The molecule has 5 nitrogen and oxygen atoms in total. The number of hydrogen-bond acceptors (Lipinski definition) is 5. The van der Waals surface area contributed by atoms with E-state index in [0.717, 1.165) is 18.8 Å². The van der Waals surface area contributed by atoms with Crippen molar-refractivity contribution in [3.8, 4) is 5.75 Å². The molecule has 0 unspecified atom stereocenters. The smallest absolute Gasteiger partial charge is 0.179 e. The normalized spacial score (nSPS) is 11.4. The third kappa shape index (κ3) is 2.48. The molecule has 0 saturated carbocycles. The molecule has 1 N–H and O–H groups in total. The molecule has 0 amide bonds. The molecule has 0 aliphatic heterocycles. The molecule has 126 valence electrons. The lowest BCUT2D eigenvalue weighted by Crippen LogP contribution is -2.21. The fraction of sp³-hybridized carbons (Fsp3) is 0.200. The molecule has 3 aromatic carbocycles. The van der Waals surface area contributed by atoms with Gasteiger partial charge in [0.05, 0.1) is 0 Å². The molecule has 0 fully saturated rings. The van der Waals surface area contributed by atoms with Crippen molar-refractivity contribution in [2.45, 2.75) is 13.8 Å². The number of nitrogens with zero attached hydrogens (tertiary/aromatic N) is 2. The van der Waals surface area contributed by atoms with Gasteiger partial charge in [0, 0.05) is 41.7 Å². The average Bonchev–Trinajstić information content (AvgIpc) is 2.61. The Morgan fingerprint density at radius 1 is 1.00 bits per heavy atom. The van der Waals surface area contributed by atoms with Gasteiger partial charge in [-0.05, 0) is 44.2 Å². The summed E-state index contributed by atoms with van der Waals surface area (Å²) >= 11 is 0. The van der Waals surface area contributed by atoms with Crippen LogP contribution in [0.15, 0.2) is 51.7 Å². The van der Waals surface area contributed by atoms with Crippen LogP contribution < -0.4 is 10.3 Å². The molecule has 0 spiro atoms. The van der Waals surface area contributed by atoms with Crippen molar-refractivity contribution in [1.29, 1.82) is 0 Å². The van der Waals surface area contributed by atoms with E-state index in [9.17, 15) is 9.90 Å². The first-order valence-corrected chi connectivity index (χ1v) is 8.36. The molecule has 1 aromatic heterocycles. The molecule has 0 radical (unpaired) electrons. The highest BCUT2D eigenvalue weighted by Gasteiger charge is 2.12. The zero-order chi connectivity index (χ0) is 17.6. The van der Waals surface area contributed by atoms with E-state index in [1.807, 2.05) is 18.2 Å². The maximum atomic E-state index is 11.7. The molecule has 4 rings (SSSR count). The first-order valence-electron chi connectivity index (χ1n) is 8.36. The Morgan fingerprint density at radius 3 is 2.56 bits per heavy atom. The predicted octanol–water partition coefficient (Wildman–Crippen LogP) is 4.05. The second-order valence-corrected chi connectivity index (χ2v) is 5.99. The number of rotatable bonds is 3. The molecule has 0 aliphatic carbocycles. The van der Waals surface area contributed by atoms with E-state index >= 15 is 0 Å². The first-order chi connectivity index (χ1) is 12.1. The SMILES string of the molecule is CCN(CC)c1ccc2nc3c(cc(O)c4ccc(=O)cc43)oc2c1. The van der Waals surface area contributed by atoms with Crippen molar-refractivity contribution >= 4 is 38.7 Å². The summed E-state index contributed by atoms with van der Waals surface area (Å²) in [6.07, 6.45) is 0. The highest BCUT2D eigenvalue weighted by molar-refractivity contribution is 6.07. The van der Waals surface area contributed by atoms with Crippen molar-refractivity contribution in [3.63, 3.8) is 0 Å². The van der Waals surface area contributed by atoms with Crippen molar-refractivity contribution < 1.29 is 9.52 Å². The summed E-state index contributed by atoms with van der Waals surface area (Å²) in [5, 5.41) is 11.4. The highest BCUT2D eigenvalue weighted by Crippen LogP contribution is 2.33. The molecule has 0 atom stereocenters. The summed E-state index contributed by atoms with van der Waals surface area (Å²) in [5.74, 6) is 0.0762. The summed E-state index contributed by atoms with van der Waals surface area (Å²) < 4.78 is 6.00. The minimum atomic E-state index is -0.127. The zero-order valence-electron chi connectivity index (χ0n) is 14.1. The van der Waals surface area contributed by atoms with Crippen LogP contribution in [0.5, 0.6) is 5.75 Å². The maximum Gasteiger partial charge on any atom is 0.179 e. The van der Waals surface area contributed by atoms with Crippen LogP contribution in [0.25, 0.3) is 33.0 Å². The summed E-state index contributed by atoms with van der Waals surface area (Å²) in [5.41, 5.74) is 3.33. The van der Waals surface area contributed by atoms with E-state index in [1.165, 1.54) is 12.1 Å². The van der Waals surface area contributed by atoms with Gasteiger partial charge in [-0.15, -0.1) is 0 Å². The van der Waals surface area contributed by atoms with Gasteiger partial charge in [-0.2, -0.15) is 0 Å². The minimum Gasteiger partial charge on any atom is -0.507 e. The van der Waals surface area contributed by atoms with Crippen LogP contribution in [0.4, 0.5) is 5.69 Å². The second kappa shape index (κ2) is 5.77. The number of anilines is 1. The van der Waals surface area contributed by atoms with Gasteiger partial charge in [-0.3, -0.25) is 4.79 Å². The van der Waals surface area contributed by atoms with Gasteiger partial charge >= 0.3 is 0 Å². The van der Waals surface area contributed by atoms with Crippen molar-refractivity contribution in [1.82, 2.24) is 4.98 Å². The Hall–Kier alpha value is -3.08. The Bertz CT molecular complexity index is 1160.